The first-order valence-electron chi connectivity index (χ1n) is 5.89. The topological polar surface area (TPSA) is 66.4 Å². The van der Waals surface area contributed by atoms with Gasteiger partial charge in [-0.3, -0.25) is 4.79 Å². The Morgan fingerprint density at radius 1 is 1.20 bits per heavy atom. The molecule has 2 rings (SSSR count). The number of carboxylic acids is 1. The van der Waals surface area contributed by atoms with Crippen LogP contribution in [0.25, 0.3) is 0 Å². The molecule has 2 N–H and O–H groups in total. The SMILES string of the molecule is O=C(NC(Cc1ccccc1)C(=O)O)c1ccc(Br)s1. The summed E-state index contributed by atoms with van der Waals surface area (Å²) in [5.41, 5.74) is 0.868. The number of carbonyl (C=O) groups is 2. The summed E-state index contributed by atoms with van der Waals surface area (Å²) in [6, 6.07) is 11.7. The molecule has 104 valence electrons. The first-order chi connectivity index (χ1) is 9.56. The van der Waals surface area contributed by atoms with Crippen LogP contribution in [0.15, 0.2) is 46.3 Å². The maximum Gasteiger partial charge on any atom is 0.326 e. The highest BCUT2D eigenvalue weighted by molar-refractivity contribution is 9.11. The minimum atomic E-state index is -1.04. The number of hydrogen-bond acceptors (Lipinski definition) is 3. The number of benzene rings is 1. The predicted octanol–water partition coefficient (Wildman–Crippen LogP) is 2.94. The Morgan fingerprint density at radius 2 is 1.90 bits per heavy atom. The van der Waals surface area contributed by atoms with Gasteiger partial charge in [0.05, 0.1) is 8.66 Å². The monoisotopic (exact) mass is 353 g/mol. The molecule has 0 radical (unpaired) electrons. The molecule has 0 aliphatic rings. The quantitative estimate of drug-likeness (QED) is 0.868. The molecule has 2 aromatic rings. The van der Waals surface area contributed by atoms with Gasteiger partial charge in [0, 0.05) is 6.42 Å². The molecule has 0 fully saturated rings. The van der Waals surface area contributed by atoms with Crippen molar-refractivity contribution >= 4 is 39.1 Å². The molecule has 1 unspecified atom stereocenters. The van der Waals surface area contributed by atoms with E-state index in [-0.39, 0.29) is 12.3 Å². The lowest BCUT2D eigenvalue weighted by Gasteiger charge is -2.14. The number of amides is 1. The highest BCUT2D eigenvalue weighted by Gasteiger charge is 2.21. The Hall–Kier alpha value is -1.66. The second kappa shape index (κ2) is 6.67. The van der Waals surface area contributed by atoms with Crippen molar-refractivity contribution in [1.82, 2.24) is 5.32 Å². The van der Waals surface area contributed by atoms with Gasteiger partial charge in [-0.25, -0.2) is 4.79 Å². The van der Waals surface area contributed by atoms with Crippen LogP contribution in [0.1, 0.15) is 15.2 Å². The molecule has 0 saturated carbocycles. The molecule has 0 bridgehead atoms. The van der Waals surface area contributed by atoms with Crippen LogP contribution in [0.2, 0.25) is 0 Å². The predicted molar refractivity (Wildman–Crippen MR) is 81.1 cm³/mol. The van der Waals surface area contributed by atoms with Crippen molar-refractivity contribution < 1.29 is 14.7 Å². The third-order valence-corrected chi connectivity index (χ3v) is 4.31. The number of thiophene rings is 1. The zero-order valence-corrected chi connectivity index (χ0v) is 12.8. The van der Waals surface area contributed by atoms with Crippen molar-refractivity contribution in [3.05, 3.63) is 56.7 Å². The second-order valence-corrected chi connectivity index (χ2v) is 6.62. The maximum absolute atomic E-state index is 12.0. The minimum absolute atomic E-state index is 0.258. The first kappa shape index (κ1) is 14.7. The average Bonchev–Trinajstić information content (AvgIpc) is 2.86. The van der Waals surface area contributed by atoms with Gasteiger partial charge < -0.3 is 10.4 Å². The Kier molecular flexibility index (Phi) is 4.92. The third-order valence-electron chi connectivity index (χ3n) is 2.68. The summed E-state index contributed by atoms with van der Waals surface area (Å²) in [5, 5.41) is 11.8. The number of rotatable bonds is 5. The van der Waals surface area contributed by atoms with E-state index in [1.54, 1.807) is 12.1 Å². The Labute approximate surface area is 128 Å². The van der Waals surface area contributed by atoms with Crippen LogP contribution in [-0.2, 0) is 11.2 Å². The highest BCUT2D eigenvalue weighted by atomic mass is 79.9. The highest BCUT2D eigenvalue weighted by Crippen LogP contribution is 2.22. The molecule has 0 aliphatic carbocycles. The molecule has 20 heavy (non-hydrogen) atoms. The largest absolute Gasteiger partial charge is 0.480 e. The number of halogens is 1. The van der Waals surface area contributed by atoms with E-state index in [0.717, 1.165) is 9.35 Å². The summed E-state index contributed by atoms with van der Waals surface area (Å²) in [6.45, 7) is 0. The van der Waals surface area contributed by atoms with Crippen molar-refractivity contribution in [2.45, 2.75) is 12.5 Å². The lowest BCUT2D eigenvalue weighted by Crippen LogP contribution is -2.42. The maximum atomic E-state index is 12.0. The molecule has 0 aliphatic heterocycles. The lowest BCUT2D eigenvalue weighted by atomic mass is 10.1. The summed E-state index contributed by atoms with van der Waals surface area (Å²) < 4.78 is 0.831. The van der Waals surface area contributed by atoms with E-state index in [0.29, 0.717) is 4.88 Å². The fourth-order valence-electron chi connectivity index (χ4n) is 1.72. The van der Waals surface area contributed by atoms with Gasteiger partial charge in [-0.15, -0.1) is 11.3 Å². The molecule has 0 saturated heterocycles. The van der Waals surface area contributed by atoms with E-state index < -0.39 is 12.0 Å². The van der Waals surface area contributed by atoms with E-state index >= 15 is 0 Å². The van der Waals surface area contributed by atoms with Crippen LogP contribution in [0.3, 0.4) is 0 Å². The number of carboxylic acid groups (broad SMARTS) is 1. The Morgan fingerprint density at radius 3 is 2.45 bits per heavy atom. The average molecular weight is 354 g/mol. The number of nitrogens with one attached hydrogen (secondary N) is 1. The summed E-state index contributed by atoms with van der Waals surface area (Å²) in [5.74, 6) is -1.41. The van der Waals surface area contributed by atoms with Gasteiger partial charge >= 0.3 is 5.97 Å². The van der Waals surface area contributed by atoms with Gasteiger partial charge in [-0.2, -0.15) is 0 Å². The smallest absolute Gasteiger partial charge is 0.326 e. The summed E-state index contributed by atoms with van der Waals surface area (Å²) in [6.07, 6.45) is 0.258. The van der Waals surface area contributed by atoms with E-state index in [4.69, 9.17) is 0 Å². The molecule has 1 aromatic carbocycles. The number of aliphatic carboxylic acids is 1. The zero-order valence-electron chi connectivity index (χ0n) is 10.4. The summed E-state index contributed by atoms with van der Waals surface area (Å²) >= 11 is 4.54. The molecular formula is C14H12BrNO3S. The van der Waals surface area contributed by atoms with Gasteiger partial charge in [0.25, 0.3) is 5.91 Å². The lowest BCUT2D eigenvalue weighted by molar-refractivity contribution is -0.139. The van der Waals surface area contributed by atoms with Gasteiger partial charge in [-0.1, -0.05) is 30.3 Å². The second-order valence-electron chi connectivity index (χ2n) is 4.16. The van der Waals surface area contributed by atoms with Gasteiger partial charge in [0.15, 0.2) is 0 Å². The fourth-order valence-corrected chi connectivity index (χ4v) is 3.00. The summed E-state index contributed by atoms with van der Waals surface area (Å²) in [4.78, 5) is 23.7. The molecule has 6 heteroatoms. The normalized spacial score (nSPS) is 11.8. The molecule has 1 heterocycles. The molecular weight excluding hydrogens is 342 g/mol. The van der Waals surface area contributed by atoms with Crippen LogP contribution in [-0.4, -0.2) is 23.0 Å². The van der Waals surface area contributed by atoms with E-state index in [1.807, 2.05) is 30.3 Å². The molecule has 1 amide bonds. The van der Waals surface area contributed by atoms with Gasteiger partial charge in [0.2, 0.25) is 0 Å². The van der Waals surface area contributed by atoms with Gasteiger partial charge in [-0.05, 0) is 33.6 Å². The van der Waals surface area contributed by atoms with Crippen molar-refractivity contribution in [2.75, 3.05) is 0 Å². The molecule has 4 nitrogen and oxygen atoms in total. The van der Waals surface area contributed by atoms with Crippen LogP contribution in [0.5, 0.6) is 0 Å². The van der Waals surface area contributed by atoms with Crippen molar-refractivity contribution in [3.63, 3.8) is 0 Å². The van der Waals surface area contributed by atoms with E-state index in [1.165, 1.54) is 11.3 Å². The van der Waals surface area contributed by atoms with Crippen molar-refractivity contribution in [1.29, 1.82) is 0 Å². The fraction of sp³-hybridized carbons (Fsp3) is 0.143. The van der Waals surface area contributed by atoms with Crippen molar-refractivity contribution in [2.24, 2.45) is 0 Å². The Balaban J connectivity index is 2.06. The molecule has 1 atom stereocenters. The standard InChI is InChI=1S/C14H12BrNO3S/c15-12-7-6-11(20-12)13(17)16-10(14(18)19)8-9-4-2-1-3-5-9/h1-7,10H,8H2,(H,16,17)(H,18,19). The van der Waals surface area contributed by atoms with Gasteiger partial charge in [0.1, 0.15) is 6.04 Å². The van der Waals surface area contributed by atoms with Crippen molar-refractivity contribution in [3.8, 4) is 0 Å². The van der Waals surface area contributed by atoms with Crippen LogP contribution >= 0.6 is 27.3 Å². The van der Waals surface area contributed by atoms with Crippen LogP contribution < -0.4 is 5.32 Å². The molecule has 1 aromatic heterocycles. The summed E-state index contributed by atoms with van der Waals surface area (Å²) in [7, 11) is 0. The van der Waals surface area contributed by atoms with Crippen LogP contribution in [0.4, 0.5) is 0 Å². The van der Waals surface area contributed by atoms with Crippen LogP contribution in [0, 0.1) is 0 Å². The van der Waals surface area contributed by atoms with E-state index in [2.05, 4.69) is 21.2 Å². The molecule has 0 spiro atoms. The third kappa shape index (κ3) is 3.91. The minimum Gasteiger partial charge on any atom is -0.480 e. The Bertz CT molecular complexity index is 612. The zero-order chi connectivity index (χ0) is 14.5. The van der Waals surface area contributed by atoms with E-state index in [9.17, 15) is 14.7 Å². The number of carbonyl (C=O) groups excluding carboxylic acids is 1. The number of hydrogen-bond donors (Lipinski definition) is 2. The first-order valence-corrected chi connectivity index (χ1v) is 7.50.